The zero-order valence-corrected chi connectivity index (χ0v) is 12.2. The maximum atomic E-state index is 5.41. The molecule has 1 unspecified atom stereocenters. The lowest BCUT2D eigenvalue weighted by Gasteiger charge is -2.40. The molecule has 2 heterocycles. The van der Waals surface area contributed by atoms with Gasteiger partial charge in [-0.05, 0) is 39.7 Å². The third kappa shape index (κ3) is 3.46. The van der Waals surface area contributed by atoms with E-state index in [1.807, 2.05) is 27.7 Å². The molecule has 1 atom stereocenters. The van der Waals surface area contributed by atoms with E-state index in [2.05, 4.69) is 18.9 Å². The van der Waals surface area contributed by atoms with Gasteiger partial charge in [-0.1, -0.05) is 27.7 Å². The van der Waals surface area contributed by atoms with Gasteiger partial charge in [-0.25, -0.2) is 0 Å². The van der Waals surface area contributed by atoms with Crippen LogP contribution in [-0.4, -0.2) is 36.7 Å². The van der Waals surface area contributed by atoms with Crippen molar-refractivity contribution in [3.8, 4) is 0 Å². The van der Waals surface area contributed by atoms with E-state index >= 15 is 0 Å². The van der Waals surface area contributed by atoms with Crippen LogP contribution in [0.25, 0.3) is 0 Å². The lowest BCUT2D eigenvalue weighted by atomic mass is 9.88. The molecule has 16 heavy (non-hydrogen) atoms. The topological polar surface area (TPSA) is 12.5 Å². The smallest absolute Gasteiger partial charge is 0.0483 e. The summed E-state index contributed by atoms with van der Waals surface area (Å²) in [5.41, 5.74) is 0.512. The van der Waals surface area contributed by atoms with Crippen LogP contribution in [0.2, 0.25) is 0 Å². The van der Waals surface area contributed by atoms with Crippen LogP contribution in [0.4, 0.5) is 0 Å². The minimum atomic E-state index is 0.512. The van der Waals surface area contributed by atoms with Crippen LogP contribution in [0.1, 0.15) is 60.3 Å². The molecule has 0 aromatic carbocycles. The second kappa shape index (κ2) is 8.08. The number of hydrogen-bond donors (Lipinski definition) is 0. The number of rotatable bonds is 0. The molecule has 1 spiro atoms. The Morgan fingerprint density at radius 1 is 1.00 bits per heavy atom. The maximum absolute atomic E-state index is 5.41. The molecule has 0 amide bonds. The monoisotopic (exact) mass is 229 g/mol. The molecular weight excluding hydrogens is 198 g/mol. The largest absolute Gasteiger partial charge is 0.381 e. The Hall–Kier alpha value is -0.0800. The lowest BCUT2D eigenvalue weighted by molar-refractivity contribution is -0.00620. The highest BCUT2D eigenvalue weighted by molar-refractivity contribution is 4.98. The Balaban J connectivity index is 0.000000509. The molecule has 0 saturated carbocycles. The third-order valence-corrected chi connectivity index (χ3v) is 3.86. The van der Waals surface area contributed by atoms with Crippen LogP contribution in [0.15, 0.2) is 0 Å². The number of nitrogens with zero attached hydrogens (tertiary/aromatic N) is 1. The van der Waals surface area contributed by atoms with E-state index in [-0.39, 0.29) is 0 Å². The first-order chi connectivity index (χ1) is 7.75. The molecule has 2 fully saturated rings. The Morgan fingerprint density at radius 3 is 1.88 bits per heavy atom. The molecule has 2 aliphatic heterocycles. The van der Waals surface area contributed by atoms with Gasteiger partial charge in [0.15, 0.2) is 0 Å². The third-order valence-electron chi connectivity index (χ3n) is 3.86. The van der Waals surface area contributed by atoms with Crippen molar-refractivity contribution in [2.45, 2.75) is 71.9 Å². The van der Waals surface area contributed by atoms with Gasteiger partial charge in [-0.2, -0.15) is 0 Å². The molecule has 2 saturated heterocycles. The van der Waals surface area contributed by atoms with Gasteiger partial charge in [-0.15, -0.1) is 0 Å². The SMILES string of the molecule is CC.CC.CC1CCC2(CCOCC2)N1C. The van der Waals surface area contributed by atoms with Gasteiger partial charge in [0.1, 0.15) is 0 Å². The second-order valence-electron chi connectivity index (χ2n) is 4.34. The first-order valence-electron chi connectivity index (χ1n) is 7.05. The molecule has 2 heteroatoms. The molecule has 0 aromatic heterocycles. The zero-order chi connectivity index (χ0) is 12.6. The predicted octanol–water partition coefficient (Wildman–Crippen LogP) is 3.70. The zero-order valence-electron chi connectivity index (χ0n) is 12.2. The highest BCUT2D eigenvalue weighted by Crippen LogP contribution is 2.39. The molecule has 0 radical (unpaired) electrons. The summed E-state index contributed by atoms with van der Waals surface area (Å²) in [6.07, 6.45) is 5.24. The van der Waals surface area contributed by atoms with E-state index < -0.39 is 0 Å². The number of likely N-dealkylation sites (tertiary alicyclic amines) is 1. The fraction of sp³-hybridized carbons (Fsp3) is 1.00. The van der Waals surface area contributed by atoms with Crippen molar-refractivity contribution in [2.75, 3.05) is 20.3 Å². The normalized spacial score (nSPS) is 27.8. The fourth-order valence-electron chi connectivity index (χ4n) is 2.67. The van der Waals surface area contributed by atoms with Crippen molar-refractivity contribution in [2.24, 2.45) is 0 Å². The quantitative estimate of drug-likeness (QED) is 0.628. The summed E-state index contributed by atoms with van der Waals surface area (Å²) in [6.45, 7) is 12.3. The van der Waals surface area contributed by atoms with Crippen LogP contribution < -0.4 is 0 Å². The molecule has 98 valence electrons. The molecule has 2 aliphatic rings. The van der Waals surface area contributed by atoms with Crippen molar-refractivity contribution < 1.29 is 4.74 Å². The minimum Gasteiger partial charge on any atom is -0.381 e. The molecule has 0 aromatic rings. The van der Waals surface area contributed by atoms with Gasteiger partial charge in [0.2, 0.25) is 0 Å². The molecule has 0 N–H and O–H groups in total. The number of ether oxygens (including phenoxy) is 1. The Bertz CT molecular complexity index is 159. The summed E-state index contributed by atoms with van der Waals surface area (Å²) in [5.74, 6) is 0. The van der Waals surface area contributed by atoms with Crippen molar-refractivity contribution in [1.29, 1.82) is 0 Å². The predicted molar refractivity (Wildman–Crippen MR) is 71.9 cm³/mol. The first kappa shape index (κ1) is 15.9. The van der Waals surface area contributed by atoms with E-state index in [9.17, 15) is 0 Å². The van der Waals surface area contributed by atoms with Gasteiger partial charge in [0, 0.05) is 24.8 Å². The van der Waals surface area contributed by atoms with Crippen molar-refractivity contribution in [3.63, 3.8) is 0 Å². The summed E-state index contributed by atoms with van der Waals surface area (Å²) < 4.78 is 5.41. The van der Waals surface area contributed by atoms with Gasteiger partial charge in [0.25, 0.3) is 0 Å². The highest BCUT2D eigenvalue weighted by Gasteiger charge is 2.42. The van der Waals surface area contributed by atoms with Crippen molar-refractivity contribution in [3.05, 3.63) is 0 Å². The van der Waals surface area contributed by atoms with Crippen LogP contribution >= 0.6 is 0 Å². The van der Waals surface area contributed by atoms with Crippen LogP contribution in [0.3, 0.4) is 0 Å². The van der Waals surface area contributed by atoms with Crippen LogP contribution in [-0.2, 0) is 4.74 Å². The van der Waals surface area contributed by atoms with E-state index in [1.54, 1.807) is 0 Å². The second-order valence-corrected chi connectivity index (χ2v) is 4.34. The standard InChI is InChI=1S/C10H19NO.2C2H6/c1-9-3-4-10(11(9)2)5-7-12-8-6-10;2*1-2/h9H,3-8H2,1-2H3;2*1-2H3. The van der Waals surface area contributed by atoms with Crippen LogP contribution in [0, 0.1) is 0 Å². The van der Waals surface area contributed by atoms with E-state index in [0.29, 0.717) is 5.54 Å². The Labute approximate surface area is 102 Å². The summed E-state index contributed by atoms with van der Waals surface area (Å²) in [5, 5.41) is 0. The summed E-state index contributed by atoms with van der Waals surface area (Å²) in [4.78, 5) is 2.58. The summed E-state index contributed by atoms with van der Waals surface area (Å²) in [6, 6.07) is 0.781. The lowest BCUT2D eigenvalue weighted by Crippen LogP contribution is -2.47. The molecule has 0 aliphatic carbocycles. The van der Waals surface area contributed by atoms with E-state index in [1.165, 1.54) is 25.7 Å². The van der Waals surface area contributed by atoms with E-state index in [0.717, 1.165) is 19.3 Å². The fourth-order valence-corrected chi connectivity index (χ4v) is 2.67. The molecule has 0 bridgehead atoms. The highest BCUT2D eigenvalue weighted by atomic mass is 16.5. The number of hydrogen-bond acceptors (Lipinski definition) is 2. The molecule has 2 nitrogen and oxygen atoms in total. The minimum absolute atomic E-state index is 0.512. The Morgan fingerprint density at radius 2 is 1.50 bits per heavy atom. The summed E-state index contributed by atoms with van der Waals surface area (Å²) >= 11 is 0. The van der Waals surface area contributed by atoms with Gasteiger partial charge in [-0.3, -0.25) is 4.90 Å². The molecule has 2 rings (SSSR count). The van der Waals surface area contributed by atoms with Crippen molar-refractivity contribution in [1.82, 2.24) is 4.90 Å². The average molecular weight is 229 g/mol. The molecular formula is C14H31NO. The Kier molecular flexibility index (Phi) is 8.04. The van der Waals surface area contributed by atoms with Gasteiger partial charge in [0.05, 0.1) is 0 Å². The van der Waals surface area contributed by atoms with Crippen molar-refractivity contribution >= 4 is 0 Å². The first-order valence-corrected chi connectivity index (χ1v) is 7.05. The van der Waals surface area contributed by atoms with E-state index in [4.69, 9.17) is 4.74 Å². The van der Waals surface area contributed by atoms with Gasteiger partial charge >= 0.3 is 0 Å². The maximum Gasteiger partial charge on any atom is 0.0483 e. The summed E-state index contributed by atoms with van der Waals surface area (Å²) in [7, 11) is 2.28. The van der Waals surface area contributed by atoms with Crippen LogP contribution in [0.5, 0.6) is 0 Å². The average Bonchev–Trinajstić information content (AvgIpc) is 2.65. The van der Waals surface area contributed by atoms with Gasteiger partial charge < -0.3 is 4.74 Å².